The van der Waals surface area contributed by atoms with Crippen LogP contribution in [0.1, 0.15) is 69.5 Å². The predicted molar refractivity (Wildman–Crippen MR) is 116 cm³/mol. The van der Waals surface area contributed by atoms with Crippen molar-refractivity contribution < 1.29 is 13.7 Å². The SMILES string of the molecule is CC(C)c1cc(F)cc(C(C)C)c1-n1cc(S(=N)(=O)c2cnc(C(C)(C)O)s2)cn1. The quantitative estimate of drug-likeness (QED) is 0.525. The molecule has 0 radical (unpaired) electrons. The molecule has 2 aromatic heterocycles. The van der Waals surface area contributed by atoms with E-state index >= 15 is 0 Å². The van der Waals surface area contributed by atoms with Gasteiger partial charge in [0, 0.05) is 6.20 Å². The summed E-state index contributed by atoms with van der Waals surface area (Å²) in [6.07, 6.45) is 4.36. The lowest BCUT2D eigenvalue weighted by Gasteiger charge is -2.19. The van der Waals surface area contributed by atoms with Gasteiger partial charge in [0.15, 0.2) is 0 Å². The summed E-state index contributed by atoms with van der Waals surface area (Å²) in [6, 6.07) is 3.01. The van der Waals surface area contributed by atoms with Crippen LogP contribution in [-0.4, -0.2) is 24.1 Å². The summed E-state index contributed by atoms with van der Waals surface area (Å²) >= 11 is 1.05. The highest BCUT2D eigenvalue weighted by atomic mass is 32.2. The van der Waals surface area contributed by atoms with E-state index in [-0.39, 0.29) is 26.8 Å². The van der Waals surface area contributed by atoms with Gasteiger partial charge in [0.1, 0.15) is 30.4 Å². The van der Waals surface area contributed by atoms with Gasteiger partial charge in [0.05, 0.1) is 23.0 Å². The minimum atomic E-state index is -3.35. The molecule has 0 saturated carbocycles. The van der Waals surface area contributed by atoms with E-state index in [1.54, 1.807) is 24.7 Å². The Labute approximate surface area is 180 Å². The molecule has 30 heavy (non-hydrogen) atoms. The maximum absolute atomic E-state index is 14.2. The maximum atomic E-state index is 14.2. The van der Waals surface area contributed by atoms with E-state index in [0.29, 0.717) is 5.01 Å². The van der Waals surface area contributed by atoms with Crippen molar-refractivity contribution in [2.75, 3.05) is 0 Å². The molecule has 0 aliphatic heterocycles. The van der Waals surface area contributed by atoms with Crippen molar-refractivity contribution in [2.24, 2.45) is 0 Å². The molecule has 162 valence electrons. The minimum absolute atomic E-state index is 0.0528. The number of benzene rings is 1. The van der Waals surface area contributed by atoms with Gasteiger partial charge in [0.25, 0.3) is 0 Å². The van der Waals surface area contributed by atoms with Crippen LogP contribution in [-0.2, 0) is 15.3 Å². The molecule has 1 atom stereocenters. The Bertz CT molecular complexity index is 1140. The maximum Gasteiger partial charge on any atom is 0.125 e. The van der Waals surface area contributed by atoms with Crippen LogP contribution in [0.25, 0.3) is 5.69 Å². The van der Waals surface area contributed by atoms with E-state index in [1.165, 1.54) is 24.5 Å². The lowest BCUT2D eigenvalue weighted by Crippen LogP contribution is -2.14. The highest BCUT2D eigenvalue weighted by molar-refractivity contribution is 7.94. The third kappa shape index (κ3) is 4.19. The van der Waals surface area contributed by atoms with Gasteiger partial charge in [-0.1, -0.05) is 27.7 Å². The topological polar surface area (TPSA) is 91.9 Å². The van der Waals surface area contributed by atoms with Crippen molar-refractivity contribution in [3.63, 3.8) is 0 Å². The average Bonchev–Trinajstić information content (AvgIpc) is 3.30. The molecule has 2 heterocycles. The fraction of sp³-hybridized carbons (Fsp3) is 0.429. The molecule has 1 unspecified atom stereocenters. The highest BCUT2D eigenvalue weighted by Gasteiger charge is 2.26. The second kappa shape index (κ2) is 7.86. The van der Waals surface area contributed by atoms with E-state index in [1.807, 2.05) is 27.7 Å². The van der Waals surface area contributed by atoms with Crippen LogP contribution < -0.4 is 0 Å². The molecule has 0 amide bonds. The molecule has 0 saturated heterocycles. The van der Waals surface area contributed by atoms with Crippen LogP contribution in [0.5, 0.6) is 0 Å². The van der Waals surface area contributed by atoms with Crippen molar-refractivity contribution in [1.29, 1.82) is 4.78 Å². The van der Waals surface area contributed by atoms with E-state index < -0.39 is 15.3 Å². The molecule has 9 heteroatoms. The van der Waals surface area contributed by atoms with Gasteiger partial charge in [-0.15, -0.1) is 11.3 Å². The van der Waals surface area contributed by atoms with Gasteiger partial charge >= 0.3 is 0 Å². The Hall–Kier alpha value is -2.10. The summed E-state index contributed by atoms with van der Waals surface area (Å²) < 4.78 is 37.9. The van der Waals surface area contributed by atoms with Gasteiger partial charge in [-0.05, 0) is 48.9 Å². The van der Waals surface area contributed by atoms with E-state index in [9.17, 15) is 13.7 Å². The molecule has 0 spiro atoms. The van der Waals surface area contributed by atoms with Crippen molar-refractivity contribution in [2.45, 2.75) is 68.1 Å². The molecule has 0 aliphatic carbocycles. The number of thiazole rings is 1. The first-order chi connectivity index (χ1) is 13.8. The second-order valence-corrected chi connectivity index (χ2v) is 11.8. The number of hydrogen-bond donors (Lipinski definition) is 2. The van der Waals surface area contributed by atoms with Crippen LogP contribution in [0, 0.1) is 10.6 Å². The highest BCUT2D eigenvalue weighted by Crippen LogP contribution is 2.34. The van der Waals surface area contributed by atoms with Crippen LogP contribution in [0.3, 0.4) is 0 Å². The van der Waals surface area contributed by atoms with Gasteiger partial charge in [-0.3, -0.25) is 0 Å². The number of halogens is 1. The second-order valence-electron chi connectivity index (χ2n) is 8.46. The van der Waals surface area contributed by atoms with E-state index in [4.69, 9.17) is 4.78 Å². The van der Waals surface area contributed by atoms with Gasteiger partial charge in [0.2, 0.25) is 0 Å². The fourth-order valence-electron chi connectivity index (χ4n) is 3.16. The molecule has 3 aromatic rings. The number of rotatable bonds is 6. The predicted octanol–water partition coefficient (Wildman–Crippen LogP) is 5.41. The largest absolute Gasteiger partial charge is 0.383 e. The van der Waals surface area contributed by atoms with Gasteiger partial charge in [-0.25, -0.2) is 23.0 Å². The Balaban J connectivity index is 2.12. The monoisotopic (exact) mass is 450 g/mol. The Morgan fingerprint density at radius 2 is 1.73 bits per heavy atom. The molecule has 0 bridgehead atoms. The van der Waals surface area contributed by atoms with Crippen molar-refractivity contribution in [3.05, 3.63) is 52.7 Å². The average molecular weight is 451 g/mol. The smallest absolute Gasteiger partial charge is 0.125 e. The van der Waals surface area contributed by atoms with E-state index in [0.717, 1.165) is 28.2 Å². The van der Waals surface area contributed by atoms with Crippen LogP contribution in [0.15, 0.2) is 39.8 Å². The molecule has 2 N–H and O–H groups in total. The van der Waals surface area contributed by atoms with Crippen molar-refractivity contribution in [1.82, 2.24) is 14.8 Å². The fourth-order valence-corrected chi connectivity index (χ4v) is 5.68. The zero-order valence-corrected chi connectivity index (χ0v) is 19.6. The third-order valence-corrected chi connectivity index (χ3v) is 8.39. The summed E-state index contributed by atoms with van der Waals surface area (Å²) in [5, 5.41) is 14.9. The third-order valence-electron chi connectivity index (χ3n) is 4.79. The molecular formula is C21H27FN4O2S2. The molecule has 3 rings (SSSR count). The lowest BCUT2D eigenvalue weighted by molar-refractivity contribution is 0.0783. The Morgan fingerprint density at radius 3 is 2.20 bits per heavy atom. The summed E-state index contributed by atoms with van der Waals surface area (Å²) in [5.74, 6) is -0.194. The summed E-state index contributed by atoms with van der Waals surface area (Å²) in [7, 11) is -3.35. The van der Waals surface area contributed by atoms with Crippen molar-refractivity contribution in [3.8, 4) is 5.69 Å². The number of aromatic nitrogens is 3. The molecule has 0 fully saturated rings. The number of hydrogen-bond acceptors (Lipinski definition) is 6. The summed E-state index contributed by atoms with van der Waals surface area (Å²) in [4.78, 5) is 4.37. The molecule has 0 aliphatic rings. The van der Waals surface area contributed by atoms with Crippen LogP contribution >= 0.6 is 11.3 Å². The first-order valence-corrected chi connectivity index (χ1v) is 12.1. The minimum Gasteiger partial charge on any atom is -0.383 e. The zero-order valence-electron chi connectivity index (χ0n) is 17.9. The van der Waals surface area contributed by atoms with Gasteiger partial charge in [-0.2, -0.15) is 5.10 Å². The van der Waals surface area contributed by atoms with E-state index in [2.05, 4.69) is 10.1 Å². The molecule has 1 aromatic carbocycles. The number of nitrogens with zero attached hydrogens (tertiary/aromatic N) is 3. The zero-order chi connectivity index (χ0) is 22.4. The van der Waals surface area contributed by atoms with Crippen molar-refractivity contribution >= 4 is 21.1 Å². The number of aliphatic hydroxyl groups is 1. The summed E-state index contributed by atoms with van der Waals surface area (Å²) in [6.45, 7) is 11.1. The Morgan fingerprint density at radius 1 is 1.17 bits per heavy atom. The number of nitrogens with one attached hydrogen (secondary N) is 1. The lowest BCUT2D eigenvalue weighted by atomic mass is 9.92. The molecular weight excluding hydrogens is 423 g/mol. The van der Waals surface area contributed by atoms with Crippen LogP contribution in [0.4, 0.5) is 4.39 Å². The first-order valence-electron chi connectivity index (χ1n) is 9.68. The standard InChI is InChI=1S/C21H27FN4O2S2/c1-12(2)16-7-14(22)8-17(13(3)4)19(16)26-11-15(9-25-26)30(23,28)18-10-24-20(29-18)21(5,6)27/h7-13,23,27H,1-6H3. The Kier molecular flexibility index (Phi) is 5.92. The van der Waals surface area contributed by atoms with Crippen LogP contribution in [0.2, 0.25) is 0 Å². The summed E-state index contributed by atoms with van der Waals surface area (Å²) in [5.41, 5.74) is 1.18. The molecule has 6 nitrogen and oxygen atoms in total. The van der Waals surface area contributed by atoms with Gasteiger partial charge < -0.3 is 5.11 Å². The normalized spacial score (nSPS) is 14.5. The first kappa shape index (κ1) is 22.6.